The van der Waals surface area contributed by atoms with Crippen molar-refractivity contribution in [2.75, 3.05) is 13.1 Å². The van der Waals surface area contributed by atoms with Gasteiger partial charge in [-0.2, -0.15) is 5.26 Å². The molecule has 0 saturated carbocycles. The van der Waals surface area contributed by atoms with E-state index in [1.807, 2.05) is 6.07 Å². The minimum atomic E-state index is -0.397. The summed E-state index contributed by atoms with van der Waals surface area (Å²) in [4.78, 5) is 25.1. The molecule has 0 bridgehead atoms. The Morgan fingerprint density at radius 2 is 2.05 bits per heavy atom. The molecule has 110 valence electrons. The number of phenolic OH excluding ortho intramolecular Hbond substituents is 1. The monoisotopic (exact) mass is 287 g/mol. The summed E-state index contributed by atoms with van der Waals surface area (Å²) in [6.07, 6.45) is 1.37. The molecule has 0 aliphatic carbocycles. The number of likely N-dealkylation sites (tertiary alicyclic amines) is 1. The van der Waals surface area contributed by atoms with Crippen LogP contribution in [0.1, 0.15) is 35.7 Å². The maximum atomic E-state index is 12.2. The molecule has 1 aromatic carbocycles. The summed E-state index contributed by atoms with van der Waals surface area (Å²) in [7, 11) is 0. The van der Waals surface area contributed by atoms with Gasteiger partial charge in [-0.15, -0.1) is 0 Å². The summed E-state index contributed by atoms with van der Waals surface area (Å²) in [5, 5.41) is 21.6. The van der Waals surface area contributed by atoms with Crippen molar-refractivity contribution in [3.63, 3.8) is 0 Å². The van der Waals surface area contributed by atoms with Gasteiger partial charge in [0.2, 0.25) is 5.91 Å². The third-order valence-electron chi connectivity index (χ3n) is 3.68. The van der Waals surface area contributed by atoms with Gasteiger partial charge in [0.05, 0.1) is 11.1 Å². The molecular weight excluding hydrogens is 270 g/mol. The summed E-state index contributed by atoms with van der Waals surface area (Å²) in [5.74, 6) is -0.649. The van der Waals surface area contributed by atoms with Crippen LogP contribution < -0.4 is 5.32 Å². The second kappa shape index (κ2) is 6.27. The number of nitriles is 1. The van der Waals surface area contributed by atoms with Gasteiger partial charge in [0.1, 0.15) is 11.8 Å². The predicted molar refractivity (Wildman–Crippen MR) is 75.6 cm³/mol. The van der Waals surface area contributed by atoms with Gasteiger partial charge in [-0.1, -0.05) is 6.07 Å². The number of nitrogens with zero attached hydrogens (tertiary/aromatic N) is 2. The largest absolute Gasteiger partial charge is 0.506 e. The average molecular weight is 287 g/mol. The van der Waals surface area contributed by atoms with Crippen LogP contribution in [-0.4, -0.2) is 41.0 Å². The van der Waals surface area contributed by atoms with Crippen LogP contribution in [0.2, 0.25) is 0 Å². The number of hydrogen-bond donors (Lipinski definition) is 2. The molecule has 1 aromatic rings. The summed E-state index contributed by atoms with van der Waals surface area (Å²) in [5.41, 5.74) is 0.178. The number of benzene rings is 1. The zero-order valence-electron chi connectivity index (χ0n) is 11.8. The minimum absolute atomic E-state index is 0.0294. The van der Waals surface area contributed by atoms with Gasteiger partial charge in [0, 0.05) is 26.1 Å². The summed E-state index contributed by atoms with van der Waals surface area (Å²) < 4.78 is 0. The van der Waals surface area contributed by atoms with Gasteiger partial charge in [0.25, 0.3) is 5.91 Å². The molecule has 0 atom stereocenters. The molecule has 2 rings (SSSR count). The third kappa shape index (κ3) is 3.31. The van der Waals surface area contributed by atoms with E-state index in [1.54, 1.807) is 11.0 Å². The smallest absolute Gasteiger partial charge is 0.255 e. The molecule has 1 aliphatic rings. The van der Waals surface area contributed by atoms with Crippen LogP contribution in [-0.2, 0) is 4.79 Å². The molecule has 21 heavy (non-hydrogen) atoms. The van der Waals surface area contributed by atoms with Crippen LogP contribution >= 0.6 is 0 Å². The van der Waals surface area contributed by atoms with Gasteiger partial charge >= 0.3 is 0 Å². The Balaban J connectivity index is 2.00. The predicted octanol–water partition coefficient (Wildman–Crippen LogP) is 1.00. The first-order chi connectivity index (χ1) is 10.0. The SMILES string of the molecule is CC(=O)N1CCC(NC(=O)c2cccc(C#N)c2O)CC1. The highest BCUT2D eigenvalue weighted by molar-refractivity contribution is 5.97. The van der Waals surface area contributed by atoms with Gasteiger partial charge in [-0.3, -0.25) is 9.59 Å². The number of carbonyl (C=O) groups is 2. The van der Waals surface area contributed by atoms with E-state index >= 15 is 0 Å². The van der Waals surface area contributed by atoms with Crippen molar-refractivity contribution in [3.05, 3.63) is 29.3 Å². The van der Waals surface area contributed by atoms with E-state index in [-0.39, 0.29) is 28.8 Å². The first-order valence-electron chi connectivity index (χ1n) is 6.81. The zero-order valence-corrected chi connectivity index (χ0v) is 11.8. The number of hydrogen-bond acceptors (Lipinski definition) is 4. The van der Waals surface area contributed by atoms with Crippen LogP contribution in [0.3, 0.4) is 0 Å². The topological polar surface area (TPSA) is 93.4 Å². The lowest BCUT2D eigenvalue weighted by molar-refractivity contribution is -0.129. The lowest BCUT2D eigenvalue weighted by atomic mass is 10.0. The highest BCUT2D eigenvalue weighted by Crippen LogP contribution is 2.22. The molecule has 0 aromatic heterocycles. The fourth-order valence-electron chi connectivity index (χ4n) is 2.42. The molecule has 0 spiro atoms. The maximum Gasteiger partial charge on any atom is 0.255 e. The summed E-state index contributed by atoms with van der Waals surface area (Å²) in [6, 6.07) is 6.31. The van der Waals surface area contributed by atoms with Crippen LogP contribution in [0, 0.1) is 11.3 Å². The summed E-state index contributed by atoms with van der Waals surface area (Å²) >= 11 is 0. The van der Waals surface area contributed by atoms with Crippen molar-refractivity contribution in [2.24, 2.45) is 0 Å². The van der Waals surface area contributed by atoms with Crippen molar-refractivity contribution in [2.45, 2.75) is 25.8 Å². The number of rotatable bonds is 2. The Morgan fingerprint density at radius 3 is 2.62 bits per heavy atom. The normalized spacial score (nSPS) is 15.3. The van der Waals surface area contributed by atoms with E-state index < -0.39 is 5.91 Å². The molecule has 1 fully saturated rings. The zero-order chi connectivity index (χ0) is 15.4. The van der Waals surface area contributed by atoms with Gasteiger partial charge in [-0.25, -0.2) is 0 Å². The Kier molecular flexibility index (Phi) is 4.43. The molecule has 2 amide bonds. The standard InChI is InChI=1S/C15H17N3O3/c1-10(19)18-7-5-12(6-8-18)17-15(21)13-4-2-3-11(9-16)14(13)20/h2-4,12,20H,5-8H2,1H3,(H,17,21). The Hall–Kier alpha value is -2.55. The maximum absolute atomic E-state index is 12.2. The second-order valence-corrected chi connectivity index (χ2v) is 5.07. The fraction of sp³-hybridized carbons (Fsp3) is 0.400. The molecule has 1 heterocycles. The third-order valence-corrected chi connectivity index (χ3v) is 3.68. The van der Waals surface area contributed by atoms with E-state index in [1.165, 1.54) is 19.1 Å². The lowest BCUT2D eigenvalue weighted by Gasteiger charge is -2.31. The van der Waals surface area contributed by atoms with Crippen molar-refractivity contribution < 1.29 is 14.7 Å². The van der Waals surface area contributed by atoms with Gasteiger partial charge in [0.15, 0.2) is 0 Å². The highest BCUT2D eigenvalue weighted by Gasteiger charge is 2.23. The van der Waals surface area contributed by atoms with E-state index in [4.69, 9.17) is 5.26 Å². The number of aromatic hydroxyl groups is 1. The van der Waals surface area contributed by atoms with E-state index in [2.05, 4.69) is 5.32 Å². The molecule has 1 aliphatic heterocycles. The lowest BCUT2D eigenvalue weighted by Crippen LogP contribution is -2.46. The van der Waals surface area contributed by atoms with Crippen LogP contribution in [0.5, 0.6) is 5.75 Å². The number of para-hydroxylation sites is 1. The number of nitrogens with one attached hydrogen (secondary N) is 1. The molecule has 6 heteroatoms. The first-order valence-corrected chi connectivity index (χ1v) is 6.81. The molecule has 6 nitrogen and oxygen atoms in total. The van der Waals surface area contributed by atoms with Crippen molar-refractivity contribution in [1.29, 1.82) is 5.26 Å². The second-order valence-electron chi connectivity index (χ2n) is 5.07. The first kappa shape index (κ1) is 14.9. The number of phenols is 1. The number of carbonyl (C=O) groups excluding carboxylic acids is 2. The quantitative estimate of drug-likeness (QED) is 0.848. The number of amides is 2. The van der Waals surface area contributed by atoms with Crippen LogP contribution in [0.4, 0.5) is 0 Å². The minimum Gasteiger partial charge on any atom is -0.506 e. The Bertz CT molecular complexity index is 599. The van der Waals surface area contributed by atoms with Crippen molar-refractivity contribution >= 4 is 11.8 Å². The van der Waals surface area contributed by atoms with Gasteiger partial charge in [-0.05, 0) is 25.0 Å². The van der Waals surface area contributed by atoms with Gasteiger partial charge < -0.3 is 15.3 Å². The fourth-order valence-corrected chi connectivity index (χ4v) is 2.42. The van der Waals surface area contributed by atoms with Crippen LogP contribution in [0.15, 0.2) is 18.2 Å². The Labute approximate surface area is 123 Å². The highest BCUT2D eigenvalue weighted by atomic mass is 16.3. The van der Waals surface area contributed by atoms with E-state index in [0.717, 1.165) is 0 Å². The van der Waals surface area contributed by atoms with Crippen molar-refractivity contribution in [1.82, 2.24) is 10.2 Å². The summed E-state index contributed by atoms with van der Waals surface area (Å²) in [6.45, 7) is 2.76. The van der Waals surface area contributed by atoms with E-state index in [9.17, 15) is 14.7 Å². The Morgan fingerprint density at radius 1 is 1.38 bits per heavy atom. The average Bonchev–Trinajstić information content (AvgIpc) is 2.48. The number of piperidine rings is 1. The molecular formula is C15H17N3O3. The molecule has 0 unspecified atom stereocenters. The molecule has 1 saturated heterocycles. The van der Waals surface area contributed by atoms with Crippen molar-refractivity contribution in [3.8, 4) is 11.8 Å². The molecule has 2 N–H and O–H groups in total. The molecule has 0 radical (unpaired) electrons. The van der Waals surface area contributed by atoms with Crippen LogP contribution in [0.25, 0.3) is 0 Å². The van der Waals surface area contributed by atoms with E-state index in [0.29, 0.717) is 25.9 Å².